The van der Waals surface area contributed by atoms with Gasteiger partial charge in [-0.3, -0.25) is 0 Å². The number of urea groups is 1. The zero-order valence-electron chi connectivity index (χ0n) is 15.5. The fourth-order valence-corrected chi connectivity index (χ4v) is 3.96. The molecule has 3 N–H and O–H groups in total. The van der Waals surface area contributed by atoms with Gasteiger partial charge in [0.1, 0.15) is 6.54 Å². The minimum Gasteiger partial charge on any atom is -0.463 e. The summed E-state index contributed by atoms with van der Waals surface area (Å²) in [7, 11) is 0. The maximum Gasteiger partial charge on any atom is 0.319 e. The Labute approximate surface area is 169 Å². The molecule has 0 saturated carbocycles. The van der Waals surface area contributed by atoms with Gasteiger partial charge in [0.25, 0.3) is 0 Å². The van der Waals surface area contributed by atoms with Crippen molar-refractivity contribution < 1.29 is 14.1 Å². The van der Waals surface area contributed by atoms with E-state index in [2.05, 4.69) is 34.9 Å². The highest BCUT2D eigenvalue weighted by atomic mass is 35.5. The first-order chi connectivity index (χ1) is 13.7. The Balaban J connectivity index is 1.43. The highest BCUT2D eigenvalue weighted by Crippen LogP contribution is 2.16. The molecule has 1 aliphatic heterocycles. The molecule has 0 saturated heterocycles. The Morgan fingerprint density at radius 3 is 2.75 bits per heavy atom. The lowest BCUT2D eigenvalue weighted by atomic mass is 9.98. The summed E-state index contributed by atoms with van der Waals surface area (Å²) in [6, 6.07) is 19.3. The highest BCUT2D eigenvalue weighted by Gasteiger charge is 2.30. The molecule has 0 radical (unpaired) electrons. The van der Waals surface area contributed by atoms with Crippen LogP contribution in [0.3, 0.4) is 0 Å². The van der Waals surface area contributed by atoms with Crippen LogP contribution >= 0.6 is 11.6 Å². The Hall–Kier alpha value is -2.76. The van der Waals surface area contributed by atoms with E-state index >= 15 is 0 Å². The van der Waals surface area contributed by atoms with Crippen molar-refractivity contribution in [3.8, 4) is 0 Å². The summed E-state index contributed by atoms with van der Waals surface area (Å²) in [5.74, 6) is 0.887. The van der Waals surface area contributed by atoms with E-state index in [9.17, 15) is 4.79 Å². The lowest BCUT2D eigenvalue weighted by Gasteiger charge is -2.31. The molecule has 5 nitrogen and oxygen atoms in total. The first-order valence-corrected chi connectivity index (χ1v) is 9.82. The molecule has 28 heavy (non-hydrogen) atoms. The average molecular weight is 397 g/mol. The number of hydrogen-bond donors (Lipinski definition) is 3. The molecule has 144 valence electrons. The van der Waals surface area contributed by atoms with Crippen molar-refractivity contribution in [2.75, 3.05) is 18.4 Å². The molecule has 0 fully saturated rings. The number of anilines is 1. The van der Waals surface area contributed by atoms with Crippen molar-refractivity contribution >= 4 is 23.3 Å². The molecule has 4 rings (SSSR count). The molecule has 3 aromatic rings. The first kappa shape index (κ1) is 18.6. The summed E-state index contributed by atoms with van der Waals surface area (Å²) in [6.45, 7) is 2.40. The normalized spacial score (nSPS) is 16.8. The summed E-state index contributed by atoms with van der Waals surface area (Å²) < 4.78 is 5.69. The van der Waals surface area contributed by atoms with E-state index in [0.717, 1.165) is 25.3 Å². The van der Waals surface area contributed by atoms with Gasteiger partial charge >= 0.3 is 6.03 Å². The third-order valence-electron chi connectivity index (χ3n) is 5.18. The van der Waals surface area contributed by atoms with Crippen LogP contribution in [0.5, 0.6) is 0 Å². The summed E-state index contributed by atoms with van der Waals surface area (Å²) in [6.07, 6.45) is 2.71. The maximum atomic E-state index is 12.4. The minimum atomic E-state index is -0.254. The van der Waals surface area contributed by atoms with Gasteiger partial charge in [-0.25, -0.2) is 4.79 Å². The number of carbonyl (C=O) groups is 1. The maximum absolute atomic E-state index is 12.4. The van der Waals surface area contributed by atoms with Crippen LogP contribution in [0.4, 0.5) is 10.5 Å². The van der Waals surface area contributed by atoms with Gasteiger partial charge in [0.15, 0.2) is 11.8 Å². The molecule has 1 aromatic heterocycles. The van der Waals surface area contributed by atoms with Crippen molar-refractivity contribution in [1.29, 1.82) is 0 Å². The average Bonchev–Trinajstić information content (AvgIpc) is 3.22. The molecule has 2 atom stereocenters. The van der Waals surface area contributed by atoms with Gasteiger partial charge in [-0.1, -0.05) is 41.9 Å². The van der Waals surface area contributed by atoms with E-state index in [0.29, 0.717) is 17.3 Å². The van der Waals surface area contributed by atoms with Crippen molar-refractivity contribution in [2.24, 2.45) is 0 Å². The topological polar surface area (TPSA) is 58.7 Å². The molecule has 0 spiro atoms. The van der Waals surface area contributed by atoms with E-state index in [1.54, 1.807) is 24.5 Å². The largest absolute Gasteiger partial charge is 0.463 e. The van der Waals surface area contributed by atoms with Crippen LogP contribution in [0.1, 0.15) is 22.9 Å². The van der Waals surface area contributed by atoms with Gasteiger partial charge in [-0.15, -0.1) is 0 Å². The molecule has 2 aromatic carbocycles. The third-order valence-corrected chi connectivity index (χ3v) is 5.42. The molecule has 2 amide bonds. The molecular formula is C22H23ClN3O2+. The standard InChI is InChI=1S/C22H22ClN3O2/c23-18-7-3-8-19(13-18)25-22(27)24-14-20(21-9-4-12-28-21)26-11-10-16-5-1-2-6-17(16)15-26/h1-9,12-13,20H,10-11,14-15H2,(H2,24,25,27)/p+1/t20-/m0/s1. The molecule has 1 aliphatic rings. The van der Waals surface area contributed by atoms with Crippen molar-refractivity contribution in [1.82, 2.24) is 5.32 Å². The van der Waals surface area contributed by atoms with Crippen molar-refractivity contribution in [3.05, 3.63) is 88.8 Å². The van der Waals surface area contributed by atoms with Crippen LogP contribution in [0.15, 0.2) is 71.3 Å². The van der Waals surface area contributed by atoms with Crippen LogP contribution in [-0.4, -0.2) is 19.1 Å². The van der Waals surface area contributed by atoms with Gasteiger partial charge in [0.05, 0.1) is 19.4 Å². The fraction of sp³-hybridized carbons (Fsp3) is 0.227. The predicted molar refractivity (Wildman–Crippen MR) is 110 cm³/mol. The summed E-state index contributed by atoms with van der Waals surface area (Å²) in [4.78, 5) is 13.8. The lowest BCUT2D eigenvalue weighted by Crippen LogP contribution is -3.12. The second kappa shape index (κ2) is 8.50. The van der Waals surface area contributed by atoms with Crippen molar-refractivity contribution in [3.63, 3.8) is 0 Å². The number of nitrogens with one attached hydrogen (secondary N) is 3. The number of fused-ring (bicyclic) bond motifs is 1. The van der Waals surface area contributed by atoms with Crippen molar-refractivity contribution in [2.45, 2.75) is 19.0 Å². The number of benzene rings is 2. The molecule has 6 heteroatoms. The molecule has 1 unspecified atom stereocenters. The number of carbonyl (C=O) groups excluding carboxylic acids is 1. The Morgan fingerprint density at radius 1 is 1.11 bits per heavy atom. The second-order valence-electron chi connectivity index (χ2n) is 7.02. The number of halogens is 1. The van der Waals surface area contributed by atoms with Gasteiger partial charge in [0, 0.05) is 22.7 Å². The monoisotopic (exact) mass is 396 g/mol. The number of amides is 2. The Kier molecular flexibility index (Phi) is 5.65. The quantitative estimate of drug-likeness (QED) is 0.618. The summed E-state index contributed by atoms with van der Waals surface area (Å²) in [5, 5.41) is 6.40. The number of rotatable bonds is 5. The van der Waals surface area contributed by atoms with Gasteiger partial charge < -0.3 is 20.0 Å². The summed E-state index contributed by atoms with van der Waals surface area (Å²) in [5.41, 5.74) is 3.44. The van der Waals surface area contributed by atoms with Crippen LogP contribution in [-0.2, 0) is 13.0 Å². The zero-order chi connectivity index (χ0) is 19.3. The van der Waals surface area contributed by atoms with Crippen LogP contribution in [0.2, 0.25) is 5.02 Å². The van der Waals surface area contributed by atoms with Crippen LogP contribution in [0, 0.1) is 0 Å². The molecular weight excluding hydrogens is 374 g/mol. The van der Waals surface area contributed by atoms with Crippen LogP contribution < -0.4 is 15.5 Å². The lowest BCUT2D eigenvalue weighted by molar-refractivity contribution is -0.946. The predicted octanol–water partition coefficient (Wildman–Crippen LogP) is 3.44. The highest BCUT2D eigenvalue weighted by molar-refractivity contribution is 6.30. The molecule has 0 aliphatic carbocycles. The smallest absolute Gasteiger partial charge is 0.319 e. The SMILES string of the molecule is O=C(NC[C@@H](c1ccco1)[NH+]1CCc2ccccc2C1)Nc1cccc(Cl)c1. The van der Waals surface area contributed by atoms with Crippen LogP contribution in [0.25, 0.3) is 0 Å². The summed E-state index contributed by atoms with van der Waals surface area (Å²) >= 11 is 5.98. The number of hydrogen-bond acceptors (Lipinski definition) is 2. The number of quaternary nitrogens is 1. The van der Waals surface area contributed by atoms with E-state index in [1.807, 2.05) is 18.2 Å². The second-order valence-corrected chi connectivity index (χ2v) is 7.45. The van der Waals surface area contributed by atoms with Gasteiger partial charge in [-0.05, 0) is 35.9 Å². The third kappa shape index (κ3) is 4.38. The van der Waals surface area contributed by atoms with Gasteiger partial charge in [0.2, 0.25) is 0 Å². The Bertz CT molecular complexity index is 942. The fourth-order valence-electron chi connectivity index (χ4n) is 3.77. The zero-order valence-corrected chi connectivity index (χ0v) is 16.2. The minimum absolute atomic E-state index is 0.0495. The van der Waals surface area contributed by atoms with E-state index < -0.39 is 0 Å². The Morgan fingerprint density at radius 2 is 1.96 bits per heavy atom. The molecule has 2 heterocycles. The van der Waals surface area contributed by atoms with Gasteiger partial charge in [-0.2, -0.15) is 0 Å². The molecule has 0 bridgehead atoms. The first-order valence-electron chi connectivity index (χ1n) is 9.44. The van der Waals surface area contributed by atoms with E-state index in [1.165, 1.54) is 16.0 Å². The van der Waals surface area contributed by atoms with E-state index in [4.69, 9.17) is 16.0 Å². The van der Waals surface area contributed by atoms with E-state index in [-0.39, 0.29) is 12.1 Å². The number of furan rings is 1.